The first-order chi connectivity index (χ1) is 18.8. The maximum atomic E-state index is 13.1. The first-order valence-corrected chi connectivity index (χ1v) is 15.9. The number of carbonyl (C=O) groups excluding carboxylic acids is 2. The molecule has 4 saturated carbocycles. The van der Waals surface area contributed by atoms with Gasteiger partial charge < -0.3 is 20.0 Å². The number of hydrogen-bond acceptors (Lipinski definition) is 4. The summed E-state index contributed by atoms with van der Waals surface area (Å²) in [6.07, 6.45) is 17.1. The highest BCUT2D eigenvalue weighted by atomic mass is 16.4. The molecule has 6 rings (SSSR count). The average molecular weight is 543 g/mol. The fourth-order valence-corrected chi connectivity index (χ4v) is 9.86. The molecule has 39 heavy (non-hydrogen) atoms. The molecule has 6 atom stereocenters. The van der Waals surface area contributed by atoms with Gasteiger partial charge in [-0.1, -0.05) is 64.2 Å². The number of aliphatic carboxylic acids is 2. The molecule has 2 N–H and O–H groups in total. The second-order valence-electron chi connectivity index (χ2n) is 13.8. The smallest absolute Gasteiger partial charge is 0.309 e. The van der Waals surface area contributed by atoms with Crippen LogP contribution in [0.4, 0.5) is 0 Å². The second-order valence-corrected chi connectivity index (χ2v) is 13.8. The number of carboxylic acids is 2. The lowest BCUT2D eigenvalue weighted by Gasteiger charge is -2.39. The van der Waals surface area contributed by atoms with Crippen molar-refractivity contribution in [3.63, 3.8) is 0 Å². The molecule has 216 valence electrons. The van der Waals surface area contributed by atoms with E-state index in [2.05, 4.69) is 0 Å². The number of nitrogens with zero attached hydrogens (tertiary/aromatic N) is 2. The van der Waals surface area contributed by atoms with Crippen LogP contribution in [0.5, 0.6) is 0 Å². The molecule has 2 aliphatic heterocycles. The van der Waals surface area contributed by atoms with Gasteiger partial charge in [0.15, 0.2) is 0 Å². The average Bonchev–Trinajstić information content (AvgIpc) is 3.73. The molecule has 8 heteroatoms. The topological polar surface area (TPSA) is 115 Å². The Kier molecular flexibility index (Phi) is 7.20. The largest absolute Gasteiger partial charge is 0.481 e. The molecule has 0 aromatic carbocycles. The summed E-state index contributed by atoms with van der Waals surface area (Å²) >= 11 is 0. The summed E-state index contributed by atoms with van der Waals surface area (Å²) in [5, 5.41) is 20.2. The summed E-state index contributed by atoms with van der Waals surface area (Å²) in [6.45, 7) is 0.887. The van der Waals surface area contributed by atoms with Crippen molar-refractivity contribution in [1.82, 2.24) is 9.80 Å². The van der Waals surface area contributed by atoms with E-state index in [0.29, 0.717) is 68.9 Å². The van der Waals surface area contributed by atoms with Gasteiger partial charge in [-0.2, -0.15) is 0 Å². The summed E-state index contributed by atoms with van der Waals surface area (Å²) in [5.41, 5.74) is -1.72. The van der Waals surface area contributed by atoms with Crippen LogP contribution in [-0.2, 0) is 19.2 Å². The van der Waals surface area contributed by atoms with E-state index in [1.165, 1.54) is 64.2 Å². The lowest BCUT2D eigenvalue weighted by molar-refractivity contribution is -0.147. The standard InChI is InChI=1S/C31H46N2O6/c34-26(35)24-18-22(20-8-3-1-4-9-20)12-14-30(24)28(38)32(30)16-7-17-33-29(39)31(33)15-13-23(19-25(31)27(36)37)21-10-5-2-6-11-21/h20-25H,1-19H2,(H,34,35)(H,36,37). The molecule has 0 radical (unpaired) electrons. The Hall–Kier alpha value is -2.12. The zero-order valence-corrected chi connectivity index (χ0v) is 23.3. The van der Waals surface area contributed by atoms with Gasteiger partial charge >= 0.3 is 11.9 Å². The highest BCUT2D eigenvalue weighted by Crippen LogP contribution is 2.56. The quantitative estimate of drug-likeness (QED) is 0.430. The maximum Gasteiger partial charge on any atom is 0.309 e. The molecule has 4 aliphatic carbocycles. The maximum absolute atomic E-state index is 13.1. The van der Waals surface area contributed by atoms with Gasteiger partial charge in [-0.15, -0.1) is 0 Å². The third-order valence-corrected chi connectivity index (χ3v) is 12.1. The molecule has 0 bridgehead atoms. The monoisotopic (exact) mass is 542 g/mol. The Labute approximate surface area is 231 Å². The second kappa shape index (κ2) is 10.4. The number of carbonyl (C=O) groups is 4. The lowest BCUT2D eigenvalue weighted by Crippen LogP contribution is -2.43. The molecule has 8 nitrogen and oxygen atoms in total. The van der Waals surface area contributed by atoms with Gasteiger partial charge in [-0.3, -0.25) is 19.2 Å². The van der Waals surface area contributed by atoms with Gasteiger partial charge in [0.2, 0.25) is 11.8 Å². The van der Waals surface area contributed by atoms with Gasteiger partial charge in [0.05, 0.1) is 11.8 Å². The summed E-state index contributed by atoms with van der Waals surface area (Å²) in [4.78, 5) is 54.3. The molecule has 2 spiro atoms. The van der Waals surface area contributed by atoms with E-state index in [0.717, 1.165) is 12.8 Å². The van der Waals surface area contributed by atoms with E-state index in [1.54, 1.807) is 9.80 Å². The highest BCUT2D eigenvalue weighted by molar-refractivity contribution is 6.06. The zero-order chi connectivity index (χ0) is 27.4. The van der Waals surface area contributed by atoms with Crippen LogP contribution in [0.15, 0.2) is 0 Å². The third kappa shape index (κ3) is 4.48. The van der Waals surface area contributed by atoms with Crippen LogP contribution in [0.3, 0.4) is 0 Å². The molecule has 6 fully saturated rings. The van der Waals surface area contributed by atoms with E-state index >= 15 is 0 Å². The van der Waals surface area contributed by atoms with Crippen molar-refractivity contribution in [1.29, 1.82) is 0 Å². The molecule has 2 amide bonds. The summed E-state index contributed by atoms with van der Waals surface area (Å²) in [5.74, 6) is -1.09. The normalized spacial score (nSPS) is 39.4. The Morgan fingerprint density at radius 1 is 0.615 bits per heavy atom. The van der Waals surface area contributed by atoms with Crippen LogP contribution in [-0.4, -0.2) is 67.9 Å². The number of amides is 2. The van der Waals surface area contributed by atoms with Crippen LogP contribution in [0.25, 0.3) is 0 Å². The van der Waals surface area contributed by atoms with Crippen molar-refractivity contribution in [2.24, 2.45) is 35.5 Å². The van der Waals surface area contributed by atoms with Crippen molar-refractivity contribution in [2.75, 3.05) is 13.1 Å². The number of rotatable bonds is 8. The first-order valence-electron chi connectivity index (χ1n) is 15.9. The Morgan fingerprint density at radius 2 is 1.00 bits per heavy atom. The van der Waals surface area contributed by atoms with E-state index in [1.807, 2.05) is 0 Å². The van der Waals surface area contributed by atoms with Crippen LogP contribution < -0.4 is 0 Å². The molecule has 6 unspecified atom stereocenters. The van der Waals surface area contributed by atoms with Crippen molar-refractivity contribution in [3.8, 4) is 0 Å². The van der Waals surface area contributed by atoms with E-state index in [-0.39, 0.29) is 11.8 Å². The Morgan fingerprint density at radius 3 is 1.36 bits per heavy atom. The summed E-state index contributed by atoms with van der Waals surface area (Å²) in [7, 11) is 0. The molecule has 2 heterocycles. The number of carboxylic acid groups (broad SMARTS) is 2. The van der Waals surface area contributed by atoms with Crippen molar-refractivity contribution < 1.29 is 29.4 Å². The van der Waals surface area contributed by atoms with Gasteiger partial charge in [-0.25, -0.2) is 0 Å². The van der Waals surface area contributed by atoms with Gasteiger partial charge in [-0.05, 0) is 68.6 Å². The van der Waals surface area contributed by atoms with E-state index in [4.69, 9.17) is 0 Å². The zero-order valence-electron chi connectivity index (χ0n) is 23.3. The summed E-state index contributed by atoms with van der Waals surface area (Å²) < 4.78 is 0. The predicted molar refractivity (Wildman–Crippen MR) is 144 cm³/mol. The van der Waals surface area contributed by atoms with Crippen LogP contribution in [0.1, 0.15) is 109 Å². The molecule has 2 saturated heterocycles. The minimum atomic E-state index is -0.862. The molecular formula is C31H46N2O6. The Bertz CT molecular complexity index is 925. The SMILES string of the molecule is O=C(O)C1CC(C2CCCCC2)CCC12C(=O)N2CCCN1C(=O)C12CCC(C1CCCCC1)CC2C(=O)O. The molecular weight excluding hydrogens is 496 g/mol. The minimum absolute atomic E-state index is 0.0415. The fourth-order valence-electron chi connectivity index (χ4n) is 9.86. The predicted octanol–water partition coefficient (Wildman–Crippen LogP) is 4.70. The van der Waals surface area contributed by atoms with E-state index in [9.17, 15) is 29.4 Å². The molecule has 6 aliphatic rings. The Balaban J connectivity index is 1.05. The number of hydrogen-bond donors (Lipinski definition) is 2. The third-order valence-electron chi connectivity index (χ3n) is 12.1. The molecule has 0 aromatic heterocycles. The summed E-state index contributed by atoms with van der Waals surface area (Å²) in [6, 6.07) is 0. The first kappa shape index (κ1) is 27.1. The van der Waals surface area contributed by atoms with Gasteiger partial charge in [0, 0.05) is 13.1 Å². The van der Waals surface area contributed by atoms with E-state index < -0.39 is 34.9 Å². The van der Waals surface area contributed by atoms with Crippen molar-refractivity contribution in [2.45, 2.75) is 120 Å². The van der Waals surface area contributed by atoms with Gasteiger partial charge in [0.1, 0.15) is 11.1 Å². The fraction of sp³-hybridized carbons (Fsp3) is 0.871. The van der Waals surface area contributed by atoms with Gasteiger partial charge in [0.25, 0.3) is 0 Å². The molecule has 0 aromatic rings. The lowest BCUT2D eigenvalue weighted by atomic mass is 9.66. The van der Waals surface area contributed by atoms with Crippen LogP contribution in [0, 0.1) is 35.5 Å². The van der Waals surface area contributed by atoms with Crippen molar-refractivity contribution >= 4 is 23.8 Å². The van der Waals surface area contributed by atoms with Crippen LogP contribution >= 0.6 is 0 Å². The highest BCUT2D eigenvalue weighted by Gasteiger charge is 2.71. The minimum Gasteiger partial charge on any atom is -0.481 e. The van der Waals surface area contributed by atoms with Crippen LogP contribution in [0.2, 0.25) is 0 Å². The van der Waals surface area contributed by atoms with Crippen molar-refractivity contribution in [3.05, 3.63) is 0 Å².